The summed E-state index contributed by atoms with van der Waals surface area (Å²) in [7, 11) is 0. The molecule has 1 aromatic carbocycles. The van der Waals surface area contributed by atoms with Gasteiger partial charge in [-0.1, -0.05) is 6.92 Å². The summed E-state index contributed by atoms with van der Waals surface area (Å²) in [5.41, 5.74) is 1.22. The number of piperidine rings is 1. The molecule has 4 rings (SSSR count). The first-order valence-electron chi connectivity index (χ1n) is 12.0. The Bertz CT molecular complexity index is 981. The van der Waals surface area contributed by atoms with E-state index in [0.29, 0.717) is 31.3 Å². The highest BCUT2D eigenvalue weighted by molar-refractivity contribution is 5.81. The van der Waals surface area contributed by atoms with Gasteiger partial charge >= 0.3 is 5.63 Å². The van der Waals surface area contributed by atoms with Crippen molar-refractivity contribution in [3.8, 4) is 5.75 Å². The number of rotatable bonds is 7. The van der Waals surface area contributed by atoms with E-state index in [1.165, 1.54) is 6.42 Å². The van der Waals surface area contributed by atoms with Crippen LogP contribution in [0.3, 0.4) is 0 Å². The normalized spacial score (nSPS) is 20.6. The summed E-state index contributed by atoms with van der Waals surface area (Å²) < 4.78 is 11.0. The summed E-state index contributed by atoms with van der Waals surface area (Å²) >= 11 is 0. The first-order valence-corrected chi connectivity index (χ1v) is 12.0. The Labute approximate surface area is 189 Å². The Morgan fingerprint density at radius 2 is 1.84 bits per heavy atom. The molecule has 2 aliphatic heterocycles. The molecule has 0 bridgehead atoms. The molecule has 174 valence electrons. The lowest BCUT2D eigenvalue weighted by atomic mass is 10.00. The van der Waals surface area contributed by atoms with Crippen molar-refractivity contribution in [1.29, 1.82) is 0 Å². The van der Waals surface area contributed by atoms with E-state index in [4.69, 9.17) is 9.15 Å². The fourth-order valence-corrected chi connectivity index (χ4v) is 4.98. The van der Waals surface area contributed by atoms with E-state index in [0.717, 1.165) is 68.7 Å². The fourth-order valence-electron chi connectivity index (χ4n) is 4.98. The number of amides is 1. The highest BCUT2D eigenvalue weighted by atomic mass is 16.5. The van der Waals surface area contributed by atoms with Gasteiger partial charge in [-0.05, 0) is 56.4 Å². The molecule has 0 N–H and O–H groups in total. The van der Waals surface area contributed by atoms with Gasteiger partial charge in [0.1, 0.15) is 11.3 Å². The summed E-state index contributed by atoms with van der Waals surface area (Å²) in [6.07, 6.45) is 4.54. The number of benzene rings is 1. The Morgan fingerprint density at radius 1 is 1.06 bits per heavy atom. The lowest BCUT2D eigenvalue weighted by Gasteiger charge is -2.39. The Morgan fingerprint density at radius 3 is 2.59 bits per heavy atom. The molecule has 7 nitrogen and oxygen atoms in total. The van der Waals surface area contributed by atoms with Gasteiger partial charge in [0.25, 0.3) is 0 Å². The second-order valence-electron chi connectivity index (χ2n) is 8.88. The maximum absolute atomic E-state index is 12.9. The molecule has 2 saturated heterocycles. The number of hydrogen-bond donors (Lipinski definition) is 0. The Kier molecular flexibility index (Phi) is 7.48. The molecule has 0 unspecified atom stereocenters. The van der Waals surface area contributed by atoms with Crippen LogP contribution in [-0.4, -0.2) is 72.5 Å². The predicted octanol–water partition coefficient (Wildman–Crippen LogP) is 3.10. The molecular weight excluding hydrogens is 406 g/mol. The smallest absolute Gasteiger partial charge is 0.336 e. The highest BCUT2D eigenvalue weighted by Crippen LogP contribution is 2.25. The fraction of sp³-hybridized carbons (Fsp3) is 0.600. The first kappa shape index (κ1) is 22.8. The van der Waals surface area contributed by atoms with Crippen molar-refractivity contribution in [2.45, 2.75) is 52.1 Å². The SMILES string of the molecule is CCOc1ccc2oc(=O)cc(CN3CCN(CC(=O)N4CCCC[C@@H]4CC)CC3)c2c1. The molecule has 0 radical (unpaired) electrons. The van der Waals surface area contributed by atoms with Gasteiger partial charge in [-0.2, -0.15) is 0 Å². The molecule has 0 saturated carbocycles. The van der Waals surface area contributed by atoms with E-state index in [1.807, 2.05) is 19.1 Å². The molecule has 2 fully saturated rings. The third-order valence-electron chi connectivity index (χ3n) is 6.75. The van der Waals surface area contributed by atoms with Crippen LogP contribution in [0.25, 0.3) is 11.0 Å². The number of fused-ring (bicyclic) bond motifs is 1. The van der Waals surface area contributed by atoms with Crippen LogP contribution in [0.15, 0.2) is 33.5 Å². The van der Waals surface area contributed by atoms with Gasteiger partial charge < -0.3 is 14.1 Å². The zero-order valence-electron chi connectivity index (χ0n) is 19.3. The Hall–Kier alpha value is -2.38. The average molecular weight is 442 g/mol. The van der Waals surface area contributed by atoms with Crippen LogP contribution in [0.5, 0.6) is 5.75 Å². The van der Waals surface area contributed by atoms with Gasteiger partial charge in [0.05, 0.1) is 13.2 Å². The minimum atomic E-state index is -0.326. The quantitative estimate of drug-likeness (QED) is 0.615. The van der Waals surface area contributed by atoms with Crippen molar-refractivity contribution < 1.29 is 13.9 Å². The minimum Gasteiger partial charge on any atom is -0.494 e. The largest absolute Gasteiger partial charge is 0.494 e. The molecule has 3 heterocycles. The monoisotopic (exact) mass is 441 g/mol. The number of nitrogens with zero attached hydrogens (tertiary/aromatic N) is 3. The summed E-state index contributed by atoms with van der Waals surface area (Å²) in [6.45, 7) is 10.3. The van der Waals surface area contributed by atoms with E-state index >= 15 is 0 Å². The van der Waals surface area contributed by atoms with E-state index < -0.39 is 0 Å². The zero-order chi connectivity index (χ0) is 22.5. The molecule has 2 aliphatic rings. The van der Waals surface area contributed by atoms with Crippen LogP contribution in [-0.2, 0) is 11.3 Å². The van der Waals surface area contributed by atoms with E-state index in [-0.39, 0.29) is 11.5 Å². The highest BCUT2D eigenvalue weighted by Gasteiger charge is 2.27. The van der Waals surface area contributed by atoms with Gasteiger partial charge in [-0.15, -0.1) is 0 Å². The van der Waals surface area contributed by atoms with Crippen LogP contribution < -0.4 is 10.4 Å². The standard InChI is InChI=1S/C25H35N3O4/c1-3-20-7-5-6-10-28(20)24(29)18-27-13-11-26(12-14-27)17-19-15-25(30)32-23-9-8-21(31-4-2)16-22(19)23/h8-9,15-16,20H,3-7,10-14,17-18H2,1-2H3/t20-/m0/s1. The number of likely N-dealkylation sites (tertiary alicyclic amines) is 1. The third-order valence-corrected chi connectivity index (χ3v) is 6.75. The lowest BCUT2D eigenvalue weighted by molar-refractivity contribution is -0.136. The molecular formula is C25H35N3O4. The second-order valence-corrected chi connectivity index (χ2v) is 8.88. The van der Waals surface area contributed by atoms with Crippen LogP contribution in [0.2, 0.25) is 0 Å². The van der Waals surface area contributed by atoms with Crippen molar-refractivity contribution in [1.82, 2.24) is 14.7 Å². The van der Waals surface area contributed by atoms with Crippen molar-refractivity contribution in [2.24, 2.45) is 0 Å². The summed E-state index contributed by atoms with van der Waals surface area (Å²) in [4.78, 5) is 31.7. The van der Waals surface area contributed by atoms with Gasteiger partial charge in [-0.3, -0.25) is 14.6 Å². The van der Waals surface area contributed by atoms with Crippen molar-refractivity contribution in [2.75, 3.05) is 45.9 Å². The number of piperazine rings is 1. The average Bonchev–Trinajstić information content (AvgIpc) is 2.80. The number of carbonyl (C=O) groups is 1. The molecule has 1 aromatic heterocycles. The molecule has 7 heteroatoms. The topological polar surface area (TPSA) is 66.2 Å². The maximum Gasteiger partial charge on any atom is 0.336 e. The van der Waals surface area contributed by atoms with Crippen molar-refractivity contribution in [3.63, 3.8) is 0 Å². The van der Waals surface area contributed by atoms with Crippen LogP contribution in [0, 0.1) is 0 Å². The van der Waals surface area contributed by atoms with Gasteiger partial charge in [-0.25, -0.2) is 4.79 Å². The summed E-state index contributed by atoms with van der Waals surface area (Å²) in [5, 5.41) is 0.920. The maximum atomic E-state index is 12.9. The lowest BCUT2D eigenvalue weighted by Crippen LogP contribution is -2.52. The third kappa shape index (κ3) is 5.33. The van der Waals surface area contributed by atoms with Gasteiger partial charge in [0.15, 0.2) is 0 Å². The molecule has 32 heavy (non-hydrogen) atoms. The number of ether oxygens (including phenoxy) is 1. The van der Waals surface area contributed by atoms with E-state index in [2.05, 4.69) is 21.6 Å². The van der Waals surface area contributed by atoms with Gasteiger partial charge in [0, 0.05) is 56.8 Å². The van der Waals surface area contributed by atoms with E-state index in [9.17, 15) is 9.59 Å². The zero-order valence-corrected chi connectivity index (χ0v) is 19.3. The van der Waals surface area contributed by atoms with Gasteiger partial charge in [0.2, 0.25) is 5.91 Å². The minimum absolute atomic E-state index is 0.278. The summed E-state index contributed by atoms with van der Waals surface area (Å²) in [5.74, 6) is 1.06. The molecule has 0 aliphatic carbocycles. The molecule has 1 amide bonds. The molecule has 1 atom stereocenters. The number of carbonyl (C=O) groups excluding carboxylic acids is 1. The van der Waals surface area contributed by atoms with Crippen molar-refractivity contribution >= 4 is 16.9 Å². The first-order chi connectivity index (χ1) is 15.6. The molecule has 0 spiro atoms. The van der Waals surface area contributed by atoms with Crippen LogP contribution in [0.4, 0.5) is 0 Å². The summed E-state index contributed by atoms with van der Waals surface area (Å²) in [6, 6.07) is 7.60. The van der Waals surface area contributed by atoms with Crippen LogP contribution in [0.1, 0.15) is 45.1 Å². The number of hydrogen-bond acceptors (Lipinski definition) is 6. The second kappa shape index (κ2) is 10.5. The van der Waals surface area contributed by atoms with Crippen LogP contribution >= 0.6 is 0 Å². The molecule has 2 aromatic rings. The Balaban J connectivity index is 1.37. The van der Waals surface area contributed by atoms with E-state index in [1.54, 1.807) is 12.1 Å². The predicted molar refractivity (Wildman–Crippen MR) is 125 cm³/mol. The van der Waals surface area contributed by atoms with Crippen molar-refractivity contribution in [3.05, 3.63) is 40.2 Å².